The van der Waals surface area contributed by atoms with Crippen molar-refractivity contribution in [1.29, 1.82) is 0 Å². The molecular formula is C16H19NO4. The van der Waals surface area contributed by atoms with Gasteiger partial charge in [0.15, 0.2) is 6.61 Å². The molecule has 1 aromatic rings. The molecule has 2 N–H and O–H groups in total. The number of hydrogen-bond donors (Lipinski definition) is 2. The van der Waals surface area contributed by atoms with Crippen LogP contribution in [0.3, 0.4) is 0 Å². The fourth-order valence-corrected chi connectivity index (χ4v) is 2.20. The van der Waals surface area contributed by atoms with Crippen LogP contribution < -0.4 is 10.1 Å². The van der Waals surface area contributed by atoms with Crippen molar-refractivity contribution in [2.75, 3.05) is 13.2 Å². The van der Waals surface area contributed by atoms with Gasteiger partial charge in [-0.2, -0.15) is 0 Å². The third kappa shape index (κ3) is 4.95. The molecule has 0 bridgehead atoms. The number of benzene rings is 1. The molecule has 0 atom stereocenters. The number of allylic oxidation sites excluding steroid dienone is 2. The minimum Gasteiger partial charge on any atom is -0.482 e. The maximum absolute atomic E-state index is 11.8. The zero-order valence-corrected chi connectivity index (χ0v) is 11.7. The lowest BCUT2D eigenvalue weighted by molar-refractivity contribution is -0.139. The molecular weight excluding hydrogens is 270 g/mol. The first-order valence-corrected chi connectivity index (χ1v) is 7.01. The lowest BCUT2D eigenvalue weighted by Crippen LogP contribution is -2.31. The summed E-state index contributed by atoms with van der Waals surface area (Å²) in [4.78, 5) is 22.2. The van der Waals surface area contributed by atoms with E-state index in [-0.39, 0.29) is 18.4 Å². The average molecular weight is 289 g/mol. The maximum Gasteiger partial charge on any atom is 0.341 e. The van der Waals surface area contributed by atoms with E-state index in [0.717, 1.165) is 24.8 Å². The lowest BCUT2D eigenvalue weighted by atomic mass is 10.1. The molecule has 0 aliphatic heterocycles. The molecule has 112 valence electrons. The van der Waals surface area contributed by atoms with Crippen LogP contribution in [-0.4, -0.2) is 30.1 Å². The van der Waals surface area contributed by atoms with Crippen LogP contribution in [0.4, 0.5) is 0 Å². The van der Waals surface area contributed by atoms with Gasteiger partial charge >= 0.3 is 5.97 Å². The smallest absolute Gasteiger partial charge is 0.341 e. The van der Waals surface area contributed by atoms with E-state index in [2.05, 4.69) is 5.32 Å². The van der Waals surface area contributed by atoms with Gasteiger partial charge in [0, 0.05) is 12.5 Å². The first kappa shape index (κ1) is 15.1. The summed E-state index contributed by atoms with van der Waals surface area (Å²) in [5.41, 5.74) is 1.07. The highest BCUT2D eigenvalue weighted by molar-refractivity contribution is 5.79. The summed E-state index contributed by atoms with van der Waals surface area (Å²) in [7, 11) is 0. The van der Waals surface area contributed by atoms with E-state index in [1.165, 1.54) is 0 Å². The lowest BCUT2D eigenvalue weighted by Gasteiger charge is -2.10. The highest BCUT2D eigenvalue weighted by atomic mass is 16.5. The van der Waals surface area contributed by atoms with Gasteiger partial charge in [-0.1, -0.05) is 24.3 Å². The van der Waals surface area contributed by atoms with Gasteiger partial charge in [0.25, 0.3) is 0 Å². The van der Waals surface area contributed by atoms with Crippen molar-refractivity contribution in [3.63, 3.8) is 0 Å². The van der Waals surface area contributed by atoms with E-state index in [0.29, 0.717) is 12.3 Å². The first-order chi connectivity index (χ1) is 10.1. The predicted octanol–water partition coefficient (Wildman–Crippen LogP) is 1.77. The predicted molar refractivity (Wildman–Crippen MR) is 78.2 cm³/mol. The SMILES string of the molecule is O=C(O)COc1ccc(CCNC(=O)C2CC=CC2)cc1. The quantitative estimate of drug-likeness (QED) is 0.750. The van der Waals surface area contributed by atoms with Crippen molar-refractivity contribution in [2.45, 2.75) is 19.3 Å². The van der Waals surface area contributed by atoms with Crippen molar-refractivity contribution in [3.05, 3.63) is 42.0 Å². The van der Waals surface area contributed by atoms with Crippen LogP contribution in [0, 0.1) is 5.92 Å². The molecule has 0 heterocycles. The number of ether oxygens (including phenoxy) is 1. The van der Waals surface area contributed by atoms with Crippen molar-refractivity contribution < 1.29 is 19.4 Å². The molecule has 1 aliphatic rings. The van der Waals surface area contributed by atoms with Gasteiger partial charge < -0.3 is 15.2 Å². The Kier molecular flexibility index (Phi) is 5.37. The Bertz CT molecular complexity index is 514. The van der Waals surface area contributed by atoms with Gasteiger partial charge in [0.1, 0.15) is 5.75 Å². The number of carboxylic acids is 1. The van der Waals surface area contributed by atoms with E-state index in [9.17, 15) is 9.59 Å². The first-order valence-electron chi connectivity index (χ1n) is 7.01. The molecule has 0 spiro atoms. The van der Waals surface area contributed by atoms with Crippen molar-refractivity contribution in [2.24, 2.45) is 5.92 Å². The Morgan fingerprint density at radius 2 is 1.86 bits per heavy atom. The number of aliphatic carboxylic acids is 1. The molecule has 1 amide bonds. The summed E-state index contributed by atoms with van der Waals surface area (Å²) in [6.07, 6.45) is 6.49. The number of carbonyl (C=O) groups excluding carboxylic acids is 1. The van der Waals surface area contributed by atoms with Gasteiger partial charge in [0.05, 0.1) is 0 Å². The molecule has 0 radical (unpaired) electrons. The Balaban J connectivity index is 1.70. The molecule has 21 heavy (non-hydrogen) atoms. The second kappa shape index (κ2) is 7.47. The van der Waals surface area contributed by atoms with Crippen molar-refractivity contribution in [3.8, 4) is 5.75 Å². The zero-order chi connectivity index (χ0) is 15.1. The molecule has 0 saturated carbocycles. The van der Waals surface area contributed by atoms with Gasteiger partial charge in [-0.3, -0.25) is 4.79 Å². The van der Waals surface area contributed by atoms with Crippen LogP contribution in [-0.2, 0) is 16.0 Å². The molecule has 1 aromatic carbocycles. The van der Waals surface area contributed by atoms with Crippen LogP contribution >= 0.6 is 0 Å². The molecule has 0 unspecified atom stereocenters. The minimum atomic E-state index is -0.997. The molecule has 5 heteroatoms. The Morgan fingerprint density at radius 1 is 1.19 bits per heavy atom. The largest absolute Gasteiger partial charge is 0.482 e. The molecule has 0 saturated heterocycles. The number of amides is 1. The number of carbonyl (C=O) groups is 2. The van der Waals surface area contributed by atoms with Crippen LogP contribution in [0.2, 0.25) is 0 Å². The zero-order valence-electron chi connectivity index (χ0n) is 11.7. The summed E-state index contributed by atoms with van der Waals surface area (Å²) in [5, 5.41) is 11.5. The summed E-state index contributed by atoms with van der Waals surface area (Å²) in [6.45, 7) is 0.259. The summed E-state index contributed by atoms with van der Waals surface area (Å²) in [6, 6.07) is 7.23. The maximum atomic E-state index is 11.8. The number of nitrogens with one attached hydrogen (secondary N) is 1. The van der Waals surface area contributed by atoms with Gasteiger partial charge in [-0.05, 0) is 37.0 Å². The van der Waals surface area contributed by atoms with Crippen LogP contribution in [0.1, 0.15) is 18.4 Å². The molecule has 1 aliphatic carbocycles. The third-order valence-electron chi connectivity index (χ3n) is 3.38. The van der Waals surface area contributed by atoms with Crippen LogP contribution in [0.15, 0.2) is 36.4 Å². The second-order valence-corrected chi connectivity index (χ2v) is 5.01. The van der Waals surface area contributed by atoms with E-state index in [1.54, 1.807) is 12.1 Å². The van der Waals surface area contributed by atoms with Crippen LogP contribution in [0.5, 0.6) is 5.75 Å². The van der Waals surface area contributed by atoms with Crippen molar-refractivity contribution in [1.82, 2.24) is 5.32 Å². The van der Waals surface area contributed by atoms with Crippen molar-refractivity contribution >= 4 is 11.9 Å². The highest BCUT2D eigenvalue weighted by Crippen LogP contribution is 2.17. The topological polar surface area (TPSA) is 75.6 Å². The molecule has 0 aromatic heterocycles. The van der Waals surface area contributed by atoms with Gasteiger partial charge in [0.2, 0.25) is 5.91 Å². The fraction of sp³-hybridized carbons (Fsp3) is 0.375. The Labute approximate surface area is 123 Å². The van der Waals surface area contributed by atoms with Gasteiger partial charge in [-0.25, -0.2) is 4.79 Å². The second-order valence-electron chi connectivity index (χ2n) is 5.01. The average Bonchev–Trinajstić information content (AvgIpc) is 3.00. The Morgan fingerprint density at radius 3 is 2.48 bits per heavy atom. The highest BCUT2D eigenvalue weighted by Gasteiger charge is 2.18. The van der Waals surface area contributed by atoms with E-state index >= 15 is 0 Å². The summed E-state index contributed by atoms with van der Waals surface area (Å²) in [5.74, 6) is -0.261. The minimum absolute atomic E-state index is 0.0943. The Hall–Kier alpha value is -2.30. The number of rotatable bonds is 7. The summed E-state index contributed by atoms with van der Waals surface area (Å²) < 4.78 is 5.06. The molecule has 0 fully saturated rings. The standard InChI is InChI=1S/C16H19NO4/c18-15(19)11-21-14-7-5-12(6-8-14)9-10-17-16(20)13-3-1-2-4-13/h1-2,5-8,13H,3-4,9-11H2,(H,17,20)(H,18,19). The fourth-order valence-electron chi connectivity index (χ4n) is 2.20. The van der Waals surface area contributed by atoms with E-state index in [4.69, 9.17) is 9.84 Å². The van der Waals surface area contributed by atoms with Crippen LogP contribution in [0.25, 0.3) is 0 Å². The van der Waals surface area contributed by atoms with E-state index < -0.39 is 5.97 Å². The number of hydrogen-bond acceptors (Lipinski definition) is 3. The molecule has 2 rings (SSSR count). The normalized spacial score (nSPS) is 14.1. The molecule has 5 nitrogen and oxygen atoms in total. The summed E-state index contributed by atoms with van der Waals surface area (Å²) >= 11 is 0. The third-order valence-corrected chi connectivity index (χ3v) is 3.38. The monoisotopic (exact) mass is 289 g/mol. The van der Waals surface area contributed by atoms with Gasteiger partial charge in [-0.15, -0.1) is 0 Å². The van der Waals surface area contributed by atoms with E-state index in [1.807, 2.05) is 24.3 Å². The number of carboxylic acid groups (broad SMARTS) is 1.